The summed E-state index contributed by atoms with van der Waals surface area (Å²) in [5, 5.41) is 11.3. The predicted octanol–water partition coefficient (Wildman–Crippen LogP) is 3.05. The minimum atomic E-state index is -3.74. The number of benzene rings is 1. The van der Waals surface area contributed by atoms with Gasteiger partial charge in [-0.1, -0.05) is 51.1 Å². The Kier molecular flexibility index (Phi) is 4.57. The van der Waals surface area contributed by atoms with E-state index >= 15 is 0 Å². The maximum Gasteiger partial charge on any atom is 0.240 e. The molecule has 0 aromatic heterocycles. The minimum absolute atomic E-state index is 0.0118. The van der Waals surface area contributed by atoms with Crippen molar-refractivity contribution in [3.05, 3.63) is 46.0 Å². The molecule has 3 aliphatic rings. The van der Waals surface area contributed by atoms with Crippen LogP contribution in [0.3, 0.4) is 0 Å². The molecular formula is C21H28N2O5S. The fourth-order valence-corrected chi connectivity index (χ4v) is 8.98. The van der Waals surface area contributed by atoms with Gasteiger partial charge in [-0.15, -0.1) is 0 Å². The Bertz CT molecular complexity index is 945. The molecule has 2 aliphatic carbocycles. The van der Waals surface area contributed by atoms with E-state index in [0.717, 1.165) is 17.1 Å². The third kappa shape index (κ3) is 2.82. The van der Waals surface area contributed by atoms with E-state index in [1.807, 2.05) is 6.07 Å². The summed E-state index contributed by atoms with van der Waals surface area (Å²) in [5.41, 5.74) is 0.171. The zero-order valence-corrected chi connectivity index (χ0v) is 17.9. The molecule has 8 heteroatoms. The smallest absolute Gasteiger partial charge is 0.240 e. The van der Waals surface area contributed by atoms with Crippen LogP contribution in [0.4, 0.5) is 0 Å². The van der Waals surface area contributed by atoms with Crippen molar-refractivity contribution in [1.29, 1.82) is 0 Å². The monoisotopic (exact) mass is 420 g/mol. The minimum Gasteiger partial charge on any atom is -0.273 e. The second-order valence-electron chi connectivity index (χ2n) is 9.58. The number of carbonyl (C=O) groups is 1. The van der Waals surface area contributed by atoms with Crippen molar-refractivity contribution in [3.8, 4) is 0 Å². The first-order valence-electron chi connectivity index (χ1n) is 10.2. The van der Waals surface area contributed by atoms with E-state index in [9.17, 15) is 23.3 Å². The Balaban J connectivity index is 1.69. The van der Waals surface area contributed by atoms with Crippen molar-refractivity contribution in [2.24, 2.45) is 22.7 Å². The van der Waals surface area contributed by atoms with E-state index in [0.29, 0.717) is 17.9 Å². The molecule has 4 rings (SSSR count). The first kappa shape index (κ1) is 20.3. The standard InChI is InChI=1S/C21H28N2O5S/c1-14(17(12-22(25)26)15-7-5-4-6-8-15)19(24)23-18-11-16-9-10-21(18,20(16,2)3)13-29(23,27)28/h4-8,14,16-18H,9-13H2,1-3H3. The van der Waals surface area contributed by atoms with Gasteiger partial charge in [0.05, 0.1) is 17.7 Å². The van der Waals surface area contributed by atoms with Crippen LogP contribution in [-0.2, 0) is 14.8 Å². The average molecular weight is 421 g/mol. The van der Waals surface area contributed by atoms with Crippen LogP contribution in [0.1, 0.15) is 51.5 Å². The molecule has 29 heavy (non-hydrogen) atoms. The summed E-state index contributed by atoms with van der Waals surface area (Å²) in [6.45, 7) is 5.49. The molecule has 1 heterocycles. The molecule has 2 saturated carbocycles. The Morgan fingerprint density at radius 2 is 1.97 bits per heavy atom. The zero-order chi connectivity index (χ0) is 21.2. The summed E-state index contributed by atoms with van der Waals surface area (Å²) in [6.07, 6.45) is 2.53. The molecule has 1 saturated heterocycles. The molecule has 1 spiro atoms. The SMILES string of the molecule is CC(C(=O)N1C2CC3CCC2(CS1(=O)=O)C3(C)C)C(C[N+](=O)[O-])c1ccccc1. The number of hydrogen-bond donors (Lipinski definition) is 0. The third-order valence-corrected chi connectivity index (χ3v) is 10.1. The highest BCUT2D eigenvalue weighted by atomic mass is 32.2. The Hall–Kier alpha value is -1.96. The number of hydrogen-bond acceptors (Lipinski definition) is 5. The van der Waals surface area contributed by atoms with Crippen molar-refractivity contribution in [2.45, 2.75) is 52.0 Å². The van der Waals surface area contributed by atoms with E-state index in [1.165, 1.54) is 0 Å². The Morgan fingerprint density at radius 3 is 2.55 bits per heavy atom. The Labute approximate surface area is 171 Å². The predicted molar refractivity (Wildman–Crippen MR) is 108 cm³/mol. The lowest BCUT2D eigenvalue weighted by atomic mass is 9.69. The molecule has 2 bridgehead atoms. The molecule has 0 radical (unpaired) electrons. The van der Waals surface area contributed by atoms with Crippen molar-refractivity contribution in [3.63, 3.8) is 0 Å². The van der Waals surface area contributed by atoms with Crippen molar-refractivity contribution >= 4 is 15.9 Å². The van der Waals surface area contributed by atoms with Crippen molar-refractivity contribution in [1.82, 2.24) is 4.31 Å². The number of nitrogens with zero attached hydrogens (tertiary/aromatic N) is 2. The largest absolute Gasteiger partial charge is 0.273 e. The Morgan fingerprint density at radius 1 is 1.31 bits per heavy atom. The summed E-state index contributed by atoms with van der Waals surface area (Å²) in [7, 11) is -3.74. The molecule has 158 valence electrons. The van der Waals surface area contributed by atoms with Crippen molar-refractivity contribution in [2.75, 3.05) is 12.3 Å². The molecule has 5 atom stereocenters. The van der Waals surface area contributed by atoms with Crippen LogP contribution in [-0.4, -0.2) is 41.9 Å². The van der Waals surface area contributed by atoms with Crippen LogP contribution < -0.4 is 0 Å². The zero-order valence-electron chi connectivity index (χ0n) is 17.1. The molecule has 5 unspecified atom stereocenters. The van der Waals surface area contributed by atoms with Gasteiger partial charge in [0, 0.05) is 16.3 Å². The van der Waals surface area contributed by atoms with E-state index in [1.54, 1.807) is 31.2 Å². The maximum atomic E-state index is 13.5. The number of fused-ring (bicyclic) bond motifs is 1. The van der Waals surface area contributed by atoms with Crippen LogP contribution in [0.15, 0.2) is 30.3 Å². The number of nitro groups is 1. The summed E-state index contributed by atoms with van der Waals surface area (Å²) in [6, 6.07) is 8.57. The average Bonchev–Trinajstić information content (AvgIpc) is 3.13. The van der Waals surface area contributed by atoms with Gasteiger partial charge in [-0.05, 0) is 36.2 Å². The van der Waals surface area contributed by atoms with E-state index in [2.05, 4.69) is 13.8 Å². The lowest BCUT2D eigenvalue weighted by Gasteiger charge is -2.37. The van der Waals surface area contributed by atoms with Crippen LogP contribution in [0.2, 0.25) is 0 Å². The summed E-state index contributed by atoms with van der Waals surface area (Å²) < 4.78 is 27.4. The van der Waals surface area contributed by atoms with Crippen LogP contribution in [0.25, 0.3) is 0 Å². The molecule has 1 amide bonds. The molecule has 7 nitrogen and oxygen atoms in total. The lowest BCUT2D eigenvalue weighted by Crippen LogP contribution is -2.47. The quantitative estimate of drug-likeness (QED) is 0.539. The number of amides is 1. The van der Waals surface area contributed by atoms with Crippen LogP contribution in [0, 0.1) is 32.8 Å². The van der Waals surface area contributed by atoms with Crippen molar-refractivity contribution < 1.29 is 18.1 Å². The number of rotatable bonds is 5. The first-order valence-corrected chi connectivity index (χ1v) is 11.8. The van der Waals surface area contributed by atoms with Gasteiger partial charge >= 0.3 is 0 Å². The van der Waals surface area contributed by atoms with Crippen LogP contribution >= 0.6 is 0 Å². The summed E-state index contributed by atoms with van der Waals surface area (Å²) in [4.78, 5) is 24.4. The molecule has 0 N–H and O–H groups in total. The highest BCUT2D eigenvalue weighted by Gasteiger charge is 2.72. The highest BCUT2D eigenvalue weighted by Crippen LogP contribution is 2.70. The lowest BCUT2D eigenvalue weighted by molar-refractivity contribution is -0.484. The summed E-state index contributed by atoms with van der Waals surface area (Å²) >= 11 is 0. The van der Waals surface area contributed by atoms with Gasteiger partial charge in [0.25, 0.3) is 0 Å². The third-order valence-electron chi connectivity index (χ3n) is 8.19. The van der Waals surface area contributed by atoms with E-state index in [4.69, 9.17) is 0 Å². The van der Waals surface area contributed by atoms with Gasteiger partial charge in [-0.2, -0.15) is 0 Å². The normalized spacial score (nSPS) is 33.3. The van der Waals surface area contributed by atoms with E-state index < -0.39 is 44.6 Å². The molecule has 1 aromatic rings. The molecule has 1 aliphatic heterocycles. The van der Waals surface area contributed by atoms with Crippen LogP contribution in [0.5, 0.6) is 0 Å². The van der Waals surface area contributed by atoms with Gasteiger partial charge < -0.3 is 0 Å². The number of sulfonamides is 1. The van der Waals surface area contributed by atoms with Gasteiger partial charge in [0.15, 0.2) is 0 Å². The van der Waals surface area contributed by atoms with E-state index in [-0.39, 0.29) is 17.2 Å². The van der Waals surface area contributed by atoms with Gasteiger partial charge in [-0.25, -0.2) is 12.7 Å². The number of carbonyl (C=O) groups excluding carboxylic acids is 1. The second-order valence-corrected chi connectivity index (χ2v) is 11.4. The molecule has 3 fully saturated rings. The second kappa shape index (κ2) is 6.52. The fourth-order valence-electron chi connectivity index (χ4n) is 6.36. The highest BCUT2D eigenvalue weighted by molar-refractivity contribution is 7.90. The maximum absolute atomic E-state index is 13.5. The van der Waals surface area contributed by atoms with Gasteiger partial charge in [-0.3, -0.25) is 14.9 Å². The molecular weight excluding hydrogens is 392 g/mol. The fraction of sp³-hybridized carbons (Fsp3) is 0.667. The van der Waals surface area contributed by atoms with Gasteiger partial charge in [0.1, 0.15) is 0 Å². The molecule has 1 aromatic carbocycles. The summed E-state index contributed by atoms with van der Waals surface area (Å²) in [5.74, 6) is -1.53. The van der Waals surface area contributed by atoms with Gasteiger partial charge in [0.2, 0.25) is 22.5 Å². The topological polar surface area (TPSA) is 97.6 Å². The first-order chi connectivity index (χ1) is 13.5.